The fraction of sp³-hybridized carbons (Fsp3) is 0.375. The Kier molecular flexibility index (Phi) is 7.70. The number of benzene rings is 2. The van der Waals surface area contributed by atoms with Gasteiger partial charge in [-0.05, 0) is 57.0 Å². The first-order chi connectivity index (χ1) is 15.5. The first-order valence-corrected chi connectivity index (χ1v) is 10.9. The van der Waals surface area contributed by atoms with Gasteiger partial charge in [-0.2, -0.15) is 0 Å². The Bertz CT molecular complexity index is 1210. The topological polar surface area (TPSA) is 91.6 Å². The van der Waals surface area contributed by atoms with Crippen LogP contribution < -0.4 is 25.9 Å². The third-order valence-corrected chi connectivity index (χ3v) is 5.10. The minimum absolute atomic E-state index is 0.216. The number of hydrogen-bond acceptors (Lipinski definition) is 5. The second kappa shape index (κ2) is 10.7. The third-order valence-electron chi connectivity index (χ3n) is 5.10. The largest absolute Gasteiger partial charge is 0.490 e. The van der Waals surface area contributed by atoms with Crippen LogP contribution >= 0.6 is 0 Å². The number of nitrogens with zero attached hydrogens (tertiary/aromatic N) is 2. The molecule has 170 valence electrons. The SMILES string of the molecule is CCOc1ccc(CCNC(=O)Cn2c(=O)c(=O)n(CC)c3ccccc32)cc1OCC. The summed E-state index contributed by atoms with van der Waals surface area (Å²) in [6.07, 6.45) is 0.589. The average molecular weight is 440 g/mol. The maximum atomic E-state index is 12.6. The lowest BCUT2D eigenvalue weighted by molar-refractivity contribution is -0.121. The number of carbonyl (C=O) groups excluding carboxylic acids is 1. The average Bonchev–Trinajstić information content (AvgIpc) is 2.79. The molecule has 0 radical (unpaired) electrons. The van der Waals surface area contributed by atoms with E-state index in [1.165, 1.54) is 9.13 Å². The summed E-state index contributed by atoms with van der Waals surface area (Å²) in [6.45, 7) is 7.26. The Morgan fingerprint density at radius 1 is 0.875 bits per heavy atom. The first-order valence-electron chi connectivity index (χ1n) is 10.9. The lowest BCUT2D eigenvalue weighted by Crippen LogP contribution is -2.43. The molecule has 3 aromatic rings. The molecule has 0 spiro atoms. The summed E-state index contributed by atoms with van der Waals surface area (Å²) < 4.78 is 13.9. The highest BCUT2D eigenvalue weighted by atomic mass is 16.5. The summed E-state index contributed by atoms with van der Waals surface area (Å²) in [5.41, 5.74) is 0.850. The van der Waals surface area contributed by atoms with Crippen LogP contribution in [0.3, 0.4) is 0 Å². The standard InChI is InChI=1S/C24H29N3O5/c1-4-26-18-9-7-8-10-19(18)27(24(30)23(26)29)16-22(28)25-14-13-17-11-12-20(31-5-2)21(15-17)32-6-3/h7-12,15H,4-6,13-14,16H2,1-3H3,(H,25,28). The molecule has 1 aromatic heterocycles. The third kappa shape index (κ3) is 5.01. The van der Waals surface area contributed by atoms with Gasteiger partial charge in [0.1, 0.15) is 6.54 Å². The Morgan fingerprint density at radius 2 is 1.50 bits per heavy atom. The zero-order valence-corrected chi connectivity index (χ0v) is 18.7. The fourth-order valence-electron chi connectivity index (χ4n) is 3.64. The number of amides is 1. The number of carbonyl (C=O) groups is 1. The van der Waals surface area contributed by atoms with Crippen molar-refractivity contribution < 1.29 is 14.3 Å². The lowest BCUT2D eigenvalue weighted by atomic mass is 10.1. The van der Waals surface area contributed by atoms with Gasteiger partial charge in [0.2, 0.25) is 5.91 Å². The predicted molar refractivity (Wildman–Crippen MR) is 124 cm³/mol. The number of rotatable bonds is 10. The van der Waals surface area contributed by atoms with Gasteiger partial charge in [0.25, 0.3) is 0 Å². The fourth-order valence-corrected chi connectivity index (χ4v) is 3.64. The molecule has 0 bridgehead atoms. The minimum Gasteiger partial charge on any atom is -0.490 e. The van der Waals surface area contributed by atoms with Crippen LogP contribution in [0.15, 0.2) is 52.1 Å². The Labute approximate surface area is 186 Å². The van der Waals surface area contributed by atoms with Gasteiger partial charge in [0.15, 0.2) is 11.5 Å². The molecule has 1 amide bonds. The van der Waals surface area contributed by atoms with E-state index in [2.05, 4.69) is 5.32 Å². The molecule has 0 atom stereocenters. The van der Waals surface area contributed by atoms with Crippen LogP contribution in [0.25, 0.3) is 11.0 Å². The van der Waals surface area contributed by atoms with Crippen molar-refractivity contribution in [2.24, 2.45) is 0 Å². The van der Waals surface area contributed by atoms with Crippen LogP contribution in [0, 0.1) is 0 Å². The van der Waals surface area contributed by atoms with Gasteiger partial charge in [-0.1, -0.05) is 18.2 Å². The van der Waals surface area contributed by atoms with Gasteiger partial charge in [-0.15, -0.1) is 0 Å². The van der Waals surface area contributed by atoms with Gasteiger partial charge in [0, 0.05) is 13.1 Å². The molecule has 8 nitrogen and oxygen atoms in total. The molecule has 0 aliphatic carbocycles. The molecule has 8 heteroatoms. The van der Waals surface area contributed by atoms with Crippen molar-refractivity contribution in [2.75, 3.05) is 19.8 Å². The summed E-state index contributed by atoms with van der Waals surface area (Å²) in [7, 11) is 0. The van der Waals surface area contributed by atoms with E-state index in [4.69, 9.17) is 9.47 Å². The number of nitrogens with one attached hydrogen (secondary N) is 1. The smallest absolute Gasteiger partial charge is 0.317 e. The van der Waals surface area contributed by atoms with Gasteiger partial charge in [-0.25, -0.2) is 0 Å². The maximum absolute atomic E-state index is 12.6. The van der Waals surface area contributed by atoms with Crippen molar-refractivity contribution in [3.05, 3.63) is 68.7 Å². The highest BCUT2D eigenvalue weighted by Gasteiger charge is 2.14. The highest BCUT2D eigenvalue weighted by Crippen LogP contribution is 2.28. The second-order valence-corrected chi connectivity index (χ2v) is 7.18. The van der Waals surface area contributed by atoms with Crippen molar-refractivity contribution in [3.63, 3.8) is 0 Å². The molecule has 3 rings (SSSR count). The summed E-state index contributed by atoms with van der Waals surface area (Å²) in [5, 5.41) is 2.83. The predicted octanol–water partition coefficient (Wildman–Crippen LogP) is 2.34. The molecule has 1 heterocycles. The summed E-state index contributed by atoms with van der Waals surface area (Å²) in [6, 6.07) is 12.8. The number of ether oxygens (including phenoxy) is 2. The minimum atomic E-state index is -0.700. The van der Waals surface area contributed by atoms with E-state index in [1.54, 1.807) is 24.3 Å². The van der Waals surface area contributed by atoms with Gasteiger partial charge < -0.3 is 19.4 Å². The first kappa shape index (κ1) is 23.1. The Morgan fingerprint density at radius 3 is 2.16 bits per heavy atom. The zero-order valence-electron chi connectivity index (χ0n) is 18.7. The van der Waals surface area contributed by atoms with Crippen LogP contribution in [-0.2, 0) is 24.3 Å². The van der Waals surface area contributed by atoms with E-state index >= 15 is 0 Å². The van der Waals surface area contributed by atoms with E-state index in [9.17, 15) is 14.4 Å². The van der Waals surface area contributed by atoms with Crippen molar-refractivity contribution in [2.45, 2.75) is 40.3 Å². The maximum Gasteiger partial charge on any atom is 0.317 e. The van der Waals surface area contributed by atoms with Crippen molar-refractivity contribution in [1.82, 2.24) is 14.5 Å². The van der Waals surface area contributed by atoms with Crippen LogP contribution in [-0.4, -0.2) is 34.8 Å². The van der Waals surface area contributed by atoms with Crippen molar-refractivity contribution in [1.29, 1.82) is 0 Å². The molecule has 1 N–H and O–H groups in total. The summed E-state index contributed by atoms with van der Waals surface area (Å²) in [4.78, 5) is 37.6. The summed E-state index contributed by atoms with van der Waals surface area (Å²) >= 11 is 0. The quantitative estimate of drug-likeness (QED) is 0.490. The van der Waals surface area contributed by atoms with E-state index in [1.807, 2.05) is 39.0 Å². The van der Waals surface area contributed by atoms with Gasteiger partial charge >= 0.3 is 11.1 Å². The molecule has 0 saturated heterocycles. The van der Waals surface area contributed by atoms with Gasteiger partial charge in [-0.3, -0.25) is 19.0 Å². The molecular formula is C24H29N3O5. The zero-order chi connectivity index (χ0) is 23.1. The van der Waals surface area contributed by atoms with Crippen molar-refractivity contribution in [3.8, 4) is 11.5 Å². The molecule has 0 fully saturated rings. The number of aromatic nitrogens is 2. The van der Waals surface area contributed by atoms with Crippen LogP contribution in [0.5, 0.6) is 11.5 Å². The van der Waals surface area contributed by atoms with Crippen molar-refractivity contribution >= 4 is 16.9 Å². The van der Waals surface area contributed by atoms with Gasteiger partial charge in [0.05, 0.1) is 24.2 Å². The molecule has 32 heavy (non-hydrogen) atoms. The van der Waals surface area contributed by atoms with Crippen LogP contribution in [0.4, 0.5) is 0 Å². The number of fused-ring (bicyclic) bond motifs is 1. The monoisotopic (exact) mass is 439 g/mol. The molecule has 0 saturated carbocycles. The number of aryl methyl sites for hydroxylation is 1. The highest BCUT2D eigenvalue weighted by molar-refractivity contribution is 5.80. The van der Waals surface area contributed by atoms with E-state index < -0.39 is 11.1 Å². The van der Waals surface area contributed by atoms with E-state index in [0.717, 1.165) is 5.56 Å². The molecule has 0 aliphatic rings. The van der Waals surface area contributed by atoms with Crippen LogP contribution in [0.2, 0.25) is 0 Å². The normalized spacial score (nSPS) is 10.8. The number of para-hydroxylation sites is 2. The molecule has 2 aromatic carbocycles. The summed E-state index contributed by atoms with van der Waals surface area (Å²) in [5.74, 6) is 1.03. The molecule has 0 aliphatic heterocycles. The van der Waals surface area contributed by atoms with E-state index in [-0.39, 0.29) is 12.5 Å². The Hall–Kier alpha value is -3.55. The second-order valence-electron chi connectivity index (χ2n) is 7.18. The molecule has 0 unspecified atom stereocenters. The molecular weight excluding hydrogens is 410 g/mol. The van der Waals surface area contributed by atoms with E-state index in [0.29, 0.717) is 55.3 Å². The van der Waals surface area contributed by atoms with Crippen LogP contribution in [0.1, 0.15) is 26.3 Å². The number of hydrogen-bond donors (Lipinski definition) is 1. The lowest BCUT2D eigenvalue weighted by Gasteiger charge is -2.14. The Balaban J connectivity index is 1.71.